The molecule has 0 aromatic carbocycles. The van der Waals surface area contributed by atoms with Crippen molar-refractivity contribution >= 4 is 99.0 Å². The van der Waals surface area contributed by atoms with Gasteiger partial charge in [0.25, 0.3) is 0 Å². The average Bonchev–Trinajstić information content (AvgIpc) is 3.24. The van der Waals surface area contributed by atoms with Crippen molar-refractivity contribution in [3.63, 3.8) is 0 Å². The van der Waals surface area contributed by atoms with Gasteiger partial charge in [-0.25, -0.2) is 8.78 Å². The van der Waals surface area contributed by atoms with Gasteiger partial charge in [-0.2, -0.15) is 13.2 Å². The van der Waals surface area contributed by atoms with Gasteiger partial charge in [0.15, 0.2) is 0 Å². The fourth-order valence-electron chi connectivity index (χ4n) is 2.81. The van der Waals surface area contributed by atoms with Crippen molar-refractivity contribution in [2.45, 2.75) is 127 Å². The van der Waals surface area contributed by atoms with Crippen LogP contribution in [0.1, 0.15) is 96.4 Å². The first-order valence-electron chi connectivity index (χ1n) is 20.9. The highest BCUT2D eigenvalue weighted by Crippen LogP contribution is 2.11. The predicted molar refractivity (Wildman–Crippen MR) is 278 cm³/mol. The second kappa shape index (κ2) is 64.8. The highest BCUT2D eigenvalue weighted by Gasteiger charge is 2.26. The van der Waals surface area contributed by atoms with Crippen molar-refractivity contribution in [3.8, 4) is 12.5 Å². The van der Waals surface area contributed by atoms with Gasteiger partial charge in [-0.1, -0.05) is 40.2 Å². The lowest BCUT2D eigenvalue weighted by atomic mass is 10.3. The molecule has 0 aliphatic rings. The molecule has 0 aliphatic carbocycles. The number of amides is 9. The fraction of sp³-hybridized carbons (Fsp3) is 0.690. The van der Waals surface area contributed by atoms with Gasteiger partial charge in [0.1, 0.15) is 19.9 Å². The van der Waals surface area contributed by atoms with Crippen molar-refractivity contribution in [3.05, 3.63) is 23.1 Å². The number of alkyl halides is 8. The van der Waals surface area contributed by atoms with Gasteiger partial charge in [0.2, 0.25) is 53.2 Å². The smallest absolute Gasteiger partial charge is 0.356 e. The highest BCUT2D eigenvalue weighted by atomic mass is 127. The van der Waals surface area contributed by atoms with E-state index in [1.54, 1.807) is 32.2 Å². The zero-order valence-electron chi connectivity index (χ0n) is 43.0. The van der Waals surface area contributed by atoms with Crippen LogP contribution in [0, 0.1) is 12.5 Å². The first-order valence-corrected chi connectivity index (χ1v) is 23.5. The SMILES string of the molecule is C#CNC(C)=O.C=CCNC(C)=O.CC(=O)NCC(F)(F)F.CC(=O)NCCCCl.CC(=O)NCCCl.CC(=O)N[C@@H](C)CF.CC(=O)N[C@@H](C)CI.CC(=O)N[C@@H](C)CN=[N+]=[N-].CC(=O)N[C@H](C)CF. The summed E-state index contributed by atoms with van der Waals surface area (Å²) in [6.07, 6.45) is 2.84. The lowest BCUT2D eigenvalue weighted by Crippen LogP contribution is -2.32. The lowest BCUT2D eigenvalue weighted by molar-refractivity contribution is -0.137. The van der Waals surface area contributed by atoms with E-state index < -0.39 is 32.0 Å². The van der Waals surface area contributed by atoms with E-state index in [-0.39, 0.29) is 65.4 Å². The number of halogens is 8. The van der Waals surface area contributed by atoms with Crippen molar-refractivity contribution in [1.82, 2.24) is 47.9 Å². The minimum Gasteiger partial charge on any atom is -0.356 e. The van der Waals surface area contributed by atoms with Crippen LogP contribution in [0.25, 0.3) is 10.4 Å². The lowest BCUT2D eigenvalue weighted by Gasteiger charge is -2.07. The van der Waals surface area contributed by atoms with Gasteiger partial charge in [-0.05, 0) is 39.6 Å². The molecule has 9 amide bonds. The Bertz CT molecular complexity index is 1480. The predicted octanol–water partition coefficient (Wildman–Crippen LogP) is 4.55. The number of hydrogen-bond acceptors (Lipinski definition) is 10. The second-order valence-electron chi connectivity index (χ2n) is 13.6. The molecule has 0 aromatic rings. The van der Waals surface area contributed by atoms with E-state index in [0.717, 1.165) is 17.8 Å². The van der Waals surface area contributed by atoms with Gasteiger partial charge < -0.3 is 42.5 Å². The molecule has 0 bridgehead atoms. The first-order chi connectivity index (χ1) is 32.7. The maximum atomic E-state index is 11.5. The Morgan fingerprint density at radius 1 is 0.634 bits per heavy atom. The molecule has 4 atom stereocenters. The Kier molecular flexibility index (Phi) is 78.2. The number of nitrogens with one attached hydrogen (secondary N) is 9. The van der Waals surface area contributed by atoms with Crippen LogP contribution in [0.4, 0.5) is 22.0 Å². The zero-order chi connectivity index (χ0) is 58.0. The topological polar surface area (TPSA) is 311 Å². The Morgan fingerprint density at radius 2 is 1.00 bits per heavy atom. The summed E-state index contributed by atoms with van der Waals surface area (Å²) in [5.74, 6) is -0.236. The van der Waals surface area contributed by atoms with Crippen LogP contribution in [0.5, 0.6) is 0 Å². The molecule has 71 heavy (non-hydrogen) atoms. The summed E-state index contributed by atoms with van der Waals surface area (Å²) in [5, 5.41) is 24.8. The van der Waals surface area contributed by atoms with Gasteiger partial charge in [0.05, 0.1) is 12.1 Å². The van der Waals surface area contributed by atoms with Gasteiger partial charge in [-0.3, -0.25) is 48.5 Å². The molecule has 0 saturated heterocycles. The minimum atomic E-state index is -4.30. The largest absolute Gasteiger partial charge is 0.405 e. The summed E-state index contributed by atoms with van der Waals surface area (Å²) in [7, 11) is 0. The van der Waals surface area contributed by atoms with E-state index in [1.165, 1.54) is 55.4 Å². The molecule has 0 radical (unpaired) electrons. The molecule has 0 spiro atoms. The Balaban J connectivity index is -0.0000000873. The third-order valence-electron chi connectivity index (χ3n) is 5.35. The number of carbonyl (C=O) groups excluding carboxylic acids is 9. The maximum Gasteiger partial charge on any atom is 0.405 e. The van der Waals surface area contributed by atoms with Crippen molar-refractivity contribution in [1.29, 1.82) is 0 Å². The molecular weight excluding hydrogens is 1110 g/mol. The third-order valence-corrected chi connectivity index (χ3v) is 7.12. The average molecular weight is 1190 g/mol. The van der Waals surface area contributed by atoms with Crippen LogP contribution in [0.2, 0.25) is 0 Å². The molecule has 9 N–H and O–H groups in total. The van der Waals surface area contributed by atoms with E-state index in [4.69, 9.17) is 28.7 Å². The normalized spacial score (nSPS) is 10.4. The van der Waals surface area contributed by atoms with Crippen LogP contribution in [0.3, 0.4) is 0 Å². The minimum absolute atomic E-state index is 0.00937. The van der Waals surface area contributed by atoms with Gasteiger partial charge in [0, 0.05) is 128 Å². The zero-order valence-corrected chi connectivity index (χ0v) is 46.7. The summed E-state index contributed by atoms with van der Waals surface area (Å²) in [6.45, 7) is 22.8. The summed E-state index contributed by atoms with van der Waals surface area (Å²) < 4.78 is 57.6. The van der Waals surface area contributed by atoms with E-state index in [0.29, 0.717) is 44.0 Å². The molecular formula is C42H78Cl2F5IN12O9. The Morgan fingerprint density at radius 3 is 1.17 bits per heavy atom. The monoisotopic (exact) mass is 1190 g/mol. The molecule has 0 saturated carbocycles. The number of azide groups is 1. The van der Waals surface area contributed by atoms with Crippen LogP contribution < -0.4 is 47.9 Å². The van der Waals surface area contributed by atoms with Crippen molar-refractivity contribution in [2.75, 3.05) is 62.3 Å². The van der Waals surface area contributed by atoms with Crippen LogP contribution in [-0.2, 0) is 43.2 Å². The summed E-state index contributed by atoms with van der Waals surface area (Å²) in [5.41, 5.74) is 7.89. The van der Waals surface area contributed by atoms with Gasteiger partial charge >= 0.3 is 6.18 Å². The molecule has 21 nitrogen and oxygen atoms in total. The summed E-state index contributed by atoms with van der Waals surface area (Å²) in [4.78, 5) is 93.4. The third kappa shape index (κ3) is 140. The van der Waals surface area contributed by atoms with Crippen LogP contribution in [-0.4, -0.2) is 146 Å². The molecule has 29 heteroatoms. The highest BCUT2D eigenvalue weighted by molar-refractivity contribution is 14.1. The summed E-state index contributed by atoms with van der Waals surface area (Å²) in [6, 6.07) is 1.52. The maximum absolute atomic E-state index is 11.5. The number of rotatable bonds is 17. The van der Waals surface area contributed by atoms with Gasteiger partial charge in [-0.15, -0.1) is 29.8 Å². The number of nitrogens with zero attached hydrogens (tertiary/aromatic N) is 3. The van der Waals surface area contributed by atoms with Crippen LogP contribution >= 0.6 is 45.8 Å². The van der Waals surface area contributed by atoms with E-state index in [1.807, 2.05) is 13.0 Å². The molecule has 0 rings (SSSR count). The number of hydrogen-bond donors (Lipinski definition) is 9. The van der Waals surface area contributed by atoms with Crippen molar-refractivity contribution < 1.29 is 65.1 Å². The molecule has 0 heterocycles. The number of carbonyl (C=O) groups is 9. The number of terminal acetylenes is 1. The van der Waals surface area contributed by atoms with Crippen LogP contribution in [0.15, 0.2) is 17.8 Å². The molecule has 0 unspecified atom stereocenters. The Labute approximate surface area is 439 Å². The van der Waals surface area contributed by atoms with Crippen molar-refractivity contribution in [2.24, 2.45) is 5.11 Å². The molecule has 0 fully saturated rings. The van der Waals surface area contributed by atoms with E-state index in [9.17, 15) is 65.1 Å². The van der Waals surface area contributed by atoms with E-state index in [2.05, 4.69) is 88.2 Å². The van der Waals surface area contributed by atoms with E-state index >= 15 is 0 Å². The fourth-order valence-corrected chi connectivity index (χ4v) is 3.25. The molecule has 416 valence electrons. The summed E-state index contributed by atoms with van der Waals surface area (Å²) >= 11 is 12.8. The standard InChI is InChI=1S/C5H10ClNO.2C5H10FNO.C5H10INO.C5H10N4O.C5H9NO.C4H8ClNO.C4H6F3NO.C4H5NO/c1-5(8)7-4-2-3-6;3*1-4(3-6)7-5(2)8;1-4(3-7-9-6)8-5(2)10;1-3-4-6-5(2)7;1-4(7)6-3-2-5;1-3(9)8-2-4(5,6)7;1-3-5-4(2)6/h2-4H2,1H3,(H,7,8);3*4H,3H2,1-2H3,(H,7,8);4H,3H2,1-2H3,(H,8,10);3H,1,4H2,2H3,(H,6,7);2-3H2,1H3,(H,6,7);2H2,1H3,(H,8,9);1H,2H3,(H,5,6)/t;4*4-;;;;/m.1000..../s1. The second-order valence-corrected chi connectivity index (χ2v) is 15.2. The first kappa shape index (κ1) is 85.6. The quantitative estimate of drug-likeness (QED) is 0.00942. The molecule has 0 aliphatic heterocycles. The Hall–Kier alpha value is -5.20. The molecule has 0 aromatic heterocycles.